The maximum atomic E-state index is 13.9. The van der Waals surface area contributed by atoms with Crippen LogP contribution in [-0.4, -0.2) is 45.0 Å². The molecule has 4 N–H and O–H groups in total. The molecule has 2 heterocycles. The number of fused-ring (bicyclic) bond motifs is 1. The van der Waals surface area contributed by atoms with Crippen LogP contribution in [0.2, 0.25) is 0 Å². The SMILES string of the molecule is Cc1cc(F)ccc1-c1nc(NC(C)(CO)CO)nc2c1CNC(=O)N2c1c(C)cccc1C. The molecule has 0 fully saturated rings. The number of urea groups is 1. The second-order valence-corrected chi connectivity index (χ2v) is 8.89. The van der Waals surface area contributed by atoms with Crippen LogP contribution in [0.4, 0.5) is 26.6 Å². The molecule has 3 aromatic rings. The minimum absolute atomic E-state index is 0.133. The molecular weight excluding hydrogens is 437 g/mol. The number of halogens is 1. The molecule has 0 atom stereocenters. The standard InChI is InChI=1S/C25H28FN5O3/c1-14-6-5-7-15(2)21(14)31-22-19(11-27-24(31)34)20(18-9-8-17(26)10-16(18)3)28-23(29-22)30-25(4,12-32)13-33/h5-10,32-33H,11-13H2,1-4H3,(H,27,34)(H,28,29,30). The predicted octanol–water partition coefficient (Wildman–Crippen LogP) is 3.72. The first kappa shape index (κ1) is 23.6. The average Bonchev–Trinajstić information content (AvgIpc) is 2.80. The number of hydrogen-bond acceptors (Lipinski definition) is 6. The third kappa shape index (κ3) is 4.20. The molecule has 34 heavy (non-hydrogen) atoms. The van der Waals surface area contributed by atoms with E-state index >= 15 is 0 Å². The number of aliphatic hydroxyl groups is 2. The molecule has 178 valence electrons. The average molecular weight is 466 g/mol. The molecule has 2 amide bonds. The zero-order chi connectivity index (χ0) is 24.6. The number of aliphatic hydroxyl groups excluding tert-OH is 2. The first-order valence-corrected chi connectivity index (χ1v) is 11.0. The van der Waals surface area contributed by atoms with E-state index in [0.717, 1.165) is 11.1 Å². The third-order valence-electron chi connectivity index (χ3n) is 6.03. The molecule has 0 bridgehead atoms. The highest BCUT2D eigenvalue weighted by Crippen LogP contribution is 2.39. The Bertz CT molecular complexity index is 1240. The number of rotatable bonds is 6. The minimum atomic E-state index is -1.09. The van der Waals surface area contributed by atoms with Crippen LogP contribution in [0, 0.1) is 26.6 Å². The predicted molar refractivity (Wildman–Crippen MR) is 129 cm³/mol. The van der Waals surface area contributed by atoms with Crippen molar-refractivity contribution in [3.8, 4) is 11.3 Å². The number of anilines is 3. The van der Waals surface area contributed by atoms with Crippen molar-refractivity contribution in [2.45, 2.75) is 39.8 Å². The Kier molecular flexibility index (Phi) is 6.24. The summed E-state index contributed by atoms with van der Waals surface area (Å²) >= 11 is 0. The minimum Gasteiger partial charge on any atom is -0.394 e. The van der Waals surface area contributed by atoms with Gasteiger partial charge in [-0.3, -0.25) is 0 Å². The van der Waals surface area contributed by atoms with Crippen molar-refractivity contribution in [1.29, 1.82) is 0 Å². The van der Waals surface area contributed by atoms with E-state index in [1.165, 1.54) is 17.0 Å². The van der Waals surface area contributed by atoms with Gasteiger partial charge in [-0.15, -0.1) is 0 Å². The maximum absolute atomic E-state index is 13.9. The number of carbonyl (C=O) groups excluding carboxylic acids is 1. The Balaban J connectivity index is 2.00. The lowest BCUT2D eigenvalue weighted by atomic mass is 9.99. The summed E-state index contributed by atoms with van der Waals surface area (Å²) in [6.07, 6.45) is 0. The van der Waals surface area contributed by atoms with E-state index in [1.807, 2.05) is 32.0 Å². The van der Waals surface area contributed by atoms with Gasteiger partial charge in [-0.2, -0.15) is 4.98 Å². The Labute approximate surface area is 197 Å². The lowest BCUT2D eigenvalue weighted by molar-refractivity contribution is 0.147. The van der Waals surface area contributed by atoms with Gasteiger partial charge in [-0.1, -0.05) is 18.2 Å². The molecule has 4 rings (SSSR count). The van der Waals surface area contributed by atoms with E-state index in [-0.39, 0.29) is 37.6 Å². The fraction of sp³-hybridized carbons (Fsp3) is 0.320. The van der Waals surface area contributed by atoms with Crippen LogP contribution in [0.3, 0.4) is 0 Å². The van der Waals surface area contributed by atoms with Crippen molar-refractivity contribution in [3.05, 3.63) is 64.5 Å². The molecule has 0 unspecified atom stereocenters. The van der Waals surface area contributed by atoms with Gasteiger partial charge in [-0.05, 0) is 62.6 Å². The Morgan fingerprint density at radius 1 is 1.09 bits per heavy atom. The van der Waals surface area contributed by atoms with Gasteiger partial charge in [0.2, 0.25) is 5.95 Å². The topological polar surface area (TPSA) is 111 Å². The maximum Gasteiger partial charge on any atom is 0.328 e. The van der Waals surface area contributed by atoms with Gasteiger partial charge in [0.25, 0.3) is 0 Å². The van der Waals surface area contributed by atoms with Crippen molar-refractivity contribution in [2.75, 3.05) is 23.4 Å². The molecule has 1 aliphatic rings. The zero-order valence-corrected chi connectivity index (χ0v) is 19.6. The van der Waals surface area contributed by atoms with Crippen molar-refractivity contribution in [2.24, 2.45) is 0 Å². The molecule has 9 heteroatoms. The highest BCUT2D eigenvalue weighted by molar-refractivity contribution is 6.03. The van der Waals surface area contributed by atoms with E-state index in [1.54, 1.807) is 19.9 Å². The van der Waals surface area contributed by atoms with Crippen LogP contribution in [-0.2, 0) is 6.54 Å². The molecular formula is C25H28FN5O3. The highest BCUT2D eigenvalue weighted by Gasteiger charge is 2.33. The van der Waals surface area contributed by atoms with Crippen molar-refractivity contribution in [3.63, 3.8) is 0 Å². The quantitative estimate of drug-likeness (QED) is 0.442. The van der Waals surface area contributed by atoms with Gasteiger partial charge in [0.15, 0.2) is 5.82 Å². The van der Waals surface area contributed by atoms with Crippen LogP contribution in [0.5, 0.6) is 0 Å². The van der Waals surface area contributed by atoms with Gasteiger partial charge in [-0.25, -0.2) is 19.1 Å². The molecule has 1 aliphatic heterocycles. The Hall–Kier alpha value is -3.56. The second kappa shape index (κ2) is 9.00. The number of para-hydroxylation sites is 1. The number of hydrogen-bond donors (Lipinski definition) is 4. The van der Waals surface area contributed by atoms with E-state index in [4.69, 9.17) is 0 Å². The summed E-state index contributed by atoms with van der Waals surface area (Å²) in [4.78, 5) is 24.0. The molecule has 0 saturated heterocycles. The normalized spacial score (nSPS) is 13.5. The molecule has 0 saturated carbocycles. The lowest BCUT2D eigenvalue weighted by Crippen LogP contribution is -2.45. The van der Waals surface area contributed by atoms with Gasteiger partial charge in [0.05, 0.1) is 36.7 Å². The molecule has 2 aromatic carbocycles. The third-order valence-corrected chi connectivity index (χ3v) is 6.03. The van der Waals surface area contributed by atoms with Crippen molar-refractivity contribution in [1.82, 2.24) is 15.3 Å². The molecule has 1 aromatic heterocycles. The smallest absolute Gasteiger partial charge is 0.328 e. The largest absolute Gasteiger partial charge is 0.394 e. The fourth-order valence-corrected chi connectivity index (χ4v) is 4.10. The van der Waals surface area contributed by atoms with E-state index in [2.05, 4.69) is 20.6 Å². The monoisotopic (exact) mass is 465 g/mol. The number of nitrogens with one attached hydrogen (secondary N) is 2. The molecule has 8 nitrogen and oxygen atoms in total. The molecule has 0 aliphatic carbocycles. The lowest BCUT2D eigenvalue weighted by Gasteiger charge is -2.33. The first-order chi connectivity index (χ1) is 16.2. The summed E-state index contributed by atoms with van der Waals surface area (Å²) in [5.41, 5.74) is 3.97. The van der Waals surface area contributed by atoms with Crippen LogP contribution >= 0.6 is 0 Å². The number of aromatic nitrogens is 2. The van der Waals surface area contributed by atoms with E-state index < -0.39 is 5.54 Å². The number of aryl methyl sites for hydroxylation is 3. The Morgan fingerprint density at radius 2 is 1.76 bits per heavy atom. The van der Waals surface area contributed by atoms with Gasteiger partial charge >= 0.3 is 6.03 Å². The van der Waals surface area contributed by atoms with Crippen LogP contribution in [0.25, 0.3) is 11.3 Å². The van der Waals surface area contributed by atoms with Crippen molar-refractivity contribution < 1.29 is 19.4 Å². The number of amides is 2. The summed E-state index contributed by atoms with van der Waals surface area (Å²) < 4.78 is 13.9. The van der Waals surface area contributed by atoms with Gasteiger partial charge in [0, 0.05) is 11.1 Å². The van der Waals surface area contributed by atoms with E-state index in [9.17, 15) is 19.4 Å². The number of nitrogens with zero attached hydrogens (tertiary/aromatic N) is 3. The first-order valence-electron chi connectivity index (χ1n) is 11.0. The zero-order valence-electron chi connectivity index (χ0n) is 19.6. The number of carbonyl (C=O) groups is 1. The second-order valence-electron chi connectivity index (χ2n) is 8.89. The molecule has 0 radical (unpaired) electrons. The van der Waals surface area contributed by atoms with Crippen LogP contribution in [0.15, 0.2) is 36.4 Å². The van der Waals surface area contributed by atoms with E-state index in [0.29, 0.717) is 33.9 Å². The summed E-state index contributed by atoms with van der Waals surface area (Å²) in [5, 5.41) is 25.5. The van der Waals surface area contributed by atoms with Crippen LogP contribution in [0.1, 0.15) is 29.2 Å². The van der Waals surface area contributed by atoms with Crippen LogP contribution < -0.4 is 15.5 Å². The van der Waals surface area contributed by atoms with Gasteiger partial charge in [0.1, 0.15) is 5.82 Å². The number of benzene rings is 2. The Morgan fingerprint density at radius 3 is 2.38 bits per heavy atom. The molecule has 0 spiro atoms. The summed E-state index contributed by atoms with van der Waals surface area (Å²) in [6.45, 7) is 6.73. The van der Waals surface area contributed by atoms with Crippen molar-refractivity contribution >= 4 is 23.5 Å². The highest BCUT2D eigenvalue weighted by atomic mass is 19.1. The summed E-state index contributed by atoms with van der Waals surface area (Å²) in [7, 11) is 0. The summed E-state index contributed by atoms with van der Waals surface area (Å²) in [6, 6.07) is 9.86. The fourth-order valence-electron chi connectivity index (χ4n) is 4.10. The van der Waals surface area contributed by atoms with Gasteiger partial charge < -0.3 is 20.8 Å². The summed E-state index contributed by atoms with van der Waals surface area (Å²) in [5.74, 6) is 0.158.